The first kappa shape index (κ1) is 17.6. The molecular weight excluding hydrogens is 346 g/mol. The first-order valence-electron chi connectivity index (χ1n) is 8.09. The zero-order valence-electron chi connectivity index (χ0n) is 14.2. The van der Waals surface area contributed by atoms with Gasteiger partial charge in [0.05, 0.1) is 30.7 Å². The Morgan fingerprint density at radius 3 is 2.92 bits per heavy atom. The van der Waals surface area contributed by atoms with E-state index in [2.05, 4.69) is 15.4 Å². The van der Waals surface area contributed by atoms with Crippen molar-refractivity contribution in [2.24, 2.45) is 0 Å². The third kappa shape index (κ3) is 3.90. The molecule has 1 aliphatic rings. The molecular formula is C15H21N5O4S. The highest BCUT2D eigenvalue weighted by Crippen LogP contribution is 2.16. The minimum Gasteiger partial charge on any atom is -0.448 e. The van der Waals surface area contributed by atoms with E-state index in [4.69, 9.17) is 4.42 Å². The molecule has 1 amide bonds. The van der Waals surface area contributed by atoms with Crippen LogP contribution in [0.4, 0.5) is 0 Å². The summed E-state index contributed by atoms with van der Waals surface area (Å²) >= 11 is 0. The first-order valence-corrected chi connectivity index (χ1v) is 9.94. The lowest BCUT2D eigenvalue weighted by Crippen LogP contribution is -2.29. The molecule has 0 fully saturated rings. The monoisotopic (exact) mass is 367 g/mol. The van der Waals surface area contributed by atoms with Gasteiger partial charge >= 0.3 is 0 Å². The van der Waals surface area contributed by atoms with Crippen LogP contribution in [0.5, 0.6) is 0 Å². The van der Waals surface area contributed by atoms with Gasteiger partial charge in [-0.25, -0.2) is 13.4 Å². The quantitative estimate of drug-likeness (QED) is 0.825. The molecule has 3 heterocycles. The van der Waals surface area contributed by atoms with Gasteiger partial charge in [0.15, 0.2) is 12.1 Å². The molecule has 0 atom stereocenters. The number of hydrogen-bond donors (Lipinski definition) is 1. The zero-order chi connectivity index (χ0) is 18.0. The summed E-state index contributed by atoms with van der Waals surface area (Å²) in [6.07, 6.45) is 3.75. The number of aryl methyl sites for hydroxylation is 2. The SMILES string of the molecule is CCc1ocnc1C(=O)NCc1cc2n(n1)CCCN(S(C)(=O)=O)C2. The second kappa shape index (κ2) is 6.96. The molecule has 1 N–H and O–H groups in total. The zero-order valence-corrected chi connectivity index (χ0v) is 15.0. The van der Waals surface area contributed by atoms with E-state index in [9.17, 15) is 13.2 Å². The third-order valence-electron chi connectivity index (χ3n) is 4.11. The molecule has 10 heteroatoms. The topological polar surface area (TPSA) is 110 Å². The number of sulfonamides is 1. The molecule has 2 aromatic rings. The standard InChI is InChI=1S/C15H21N5O4S/c1-3-13-14(17-10-24-13)15(21)16-8-11-7-12-9-19(25(2,22)23)5-4-6-20(12)18-11/h7,10H,3-6,8-9H2,1-2H3,(H,16,21). The molecule has 25 heavy (non-hydrogen) atoms. The van der Waals surface area contributed by atoms with Crippen molar-refractivity contribution in [1.29, 1.82) is 0 Å². The lowest BCUT2D eigenvalue weighted by molar-refractivity contribution is 0.0944. The summed E-state index contributed by atoms with van der Waals surface area (Å²) in [5, 5.41) is 7.23. The van der Waals surface area contributed by atoms with Crippen LogP contribution in [-0.4, -0.2) is 46.2 Å². The summed E-state index contributed by atoms with van der Waals surface area (Å²) in [4.78, 5) is 16.1. The van der Waals surface area contributed by atoms with Crippen molar-refractivity contribution >= 4 is 15.9 Å². The number of nitrogens with zero attached hydrogens (tertiary/aromatic N) is 4. The van der Waals surface area contributed by atoms with Crippen LogP contribution in [0.25, 0.3) is 0 Å². The average molecular weight is 367 g/mol. The Kier molecular flexibility index (Phi) is 4.91. The lowest BCUT2D eigenvalue weighted by atomic mass is 10.2. The molecule has 3 rings (SSSR count). The van der Waals surface area contributed by atoms with Crippen molar-refractivity contribution in [2.45, 2.75) is 39.4 Å². The van der Waals surface area contributed by atoms with Gasteiger partial charge in [-0.2, -0.15) is 9.40 Å². The highest BCUT2D eigenvalue weighted by Gasteiger charge is 2.23. The Morgan fingerprint density at radius 1 is 1.40 bits per heavy atom. The summed E-state index contributed by atoms with van der Waals surface area (Å²) in [5.41, 5.74) is 1.79. The van der Waals surface area contributed by atoms with Crippen molar-refractivity contribution < 1.29 is 17.6 Å². The number of aromatic nitrogens is 3. The summed E-state index contributed by atoms with van der Waals surface area (Å²) < 4.78 is 32.0. The van der Waals surface area contributed by atoms with Gasteiger partial charge in [-0.3, -0.25) is 9.48 Å². The van der Waals surface area contributed by atoms with Crippen LogP contribution in [0.2, 0.25) is 0 Å². The molecule has 0 radical (unpaired) electrons. The number of fused-ring (bicyclic) bond motifs is 1. The molecule has 0 saturated heterocycles. The van der Waals surface area contributed by atoms with Crippen molar-refractivity contribution in [3.05, 3.63) is 35.3 Å². The summed E-state index contributed by atoms with van der Waals surface area (Å²) in [7, 11) is -3.24. The molecule has 0 saturated carbocycles. The van der Waals surface area contributed by atoms with Gasteiger partial charge in [-0.1, -0.05) is 6.92 Å². The van der Waals surface area contributed by atoms with Crippen LogP contribution in [-0.2, 0) is 36.1 Å². The summed E-state index contributed by atoms with van der Waals surface area (Å²) in [5.74, 6) is 0.230. The van der Waals surface area contributed by atoms with Crippen molar-refractivity contribution in [3.8, 4) is 0 Å². The van der Waals surface area contributed by atoms with E-state index < -0.39 is 10.0 Å². The minimum absolute atomic E-state index is 0.244. The number of rotatable bonds is 5. The van der Waals surface area contributed by atoms with E-state index in [1.165, 1.54) is 17.0 Å². The molecule has 136 valence electrons. The molecule has 1 aliphatic heterocycles. The molecule has 0 spiro atoms. The number of nitrogens with one attached hydrogen (secondary N) is 1. The van der Waals surface area contributed by atoms with Crippen LogP contribution in [0.3, 0.4) is 0 Å². The van der Waals surface area contributed by atoms with E-state index >= 15 is 0 Å². The van der Waals surface area contributed by atoms with Crippen LogP contribution >= 0.6 is 0 Å². The molecule has 2 aromatic heterocycles. The number of amides is 1. The van der Waals surface area contributed by atoms with Gasteiger partial charge < -0.3 is 9.73 Å². The van der Waals surface area contributed by atoms with Gasteiger partial charge in [0.2, 0.25) is 10.0 Å². The highest BCUT2D eigenvalue weighted by molar-refractivity contribution is 7.88. The number of carbonyl (C=O) groups excluding carboxylic acids is 1. The van der Waals surface area contributed by atoms with Crippen LogP contribution in [0.1, 0.15) is 41.0 Å². The fourth-order valence-corrected chi connectivity index (χ4v) is 3.65. The summed E-state index contributed by atoms with van der Waals surface area (Å²) in [6, 6.07) is 1.83. The Balaban J connectivity index is 1.68. The van der Waals surface area contributed by atoms with E-state index in [1.807, 2.05) is 13.0 Å². The van der Waals surface area contributed by atoms with Gasteiger partial charge in [-0.15, -0.1) is 0 Å². The first-order chi connectivity index (χ1) is 11.9. The fraction of sp³-hybridized carbons (Fsp3) is 0.533. The third-order valence-corrected chi connectivity index (χ3v) is 5.36. The van der Waals surface area contributed by atoms with Crippen molar-refractivity contribution in [1.82, 2.24) is 24.4 Å². The summed E-state index contributed by atoms with van der Waals surface area (Å²) in [6.45, 7) is 3.56. The maximum absolute atomic E-state index is 12.2. The Morgan fingerprint density at radius 2 is 2.20 bits per heavy atom. The Bertz CT molecular complexity index is 870. The van der Waals surface area contributed by atoms with E-state index in [0.29, 0.717) is 43.9 Å². The van der Waals surface area contributed by atoms with Crippen LogP contribution in [0, 0.1) is 0 Å². The van der Waals surface area contributed by atoms with Crippen LogP contribution < -0.4 is 5.32 Å². The smallest absolute Gasteiger partial charge is 0.273 e. The van der Waals surface area contributed by atoms with E-state index in [1.54, 1.807) is 4.68 Å². The number of hydrogen-bond acceptors (Lipinski definition) is 6. The fourth-order valence-electron chi connectivity index (χ4n) is 2.82. The molecule has 0 aromatic carbocycles. The van der Waals surface area contributed by atoms with Gasteiger partial charge in [0.25, 0.3) is 5.91 Å². The van der Waals surface area contributed by atoms with Crippen LogP contribution in [0.15, 0.2) is 16.9 Å². The molecule has 0 bridgehead atoms. The predicted octanol–water partition coefficient (Wildman–Crippen LogP) is 0.529. The minimum atomic E-state index is -3.24. The number of oxazole rings is 1. The maximum atomic E-state index is 12.2. The van der Waals surface area contributed by atoms with Crippen molar-refractivity contribution in [3.63, 3.8) is 0 Å². The van der Waals surface area contributed by atoms with Gasteiger partial charge in [0, 0.05) is 19.5 Å². The highest BCUT2D eigenvalue weighted by atomic mass is 32.2. The second-order valence-corrected chi connectivity index (χ2v) is 7.94. The number of carbonyl (C=O) groups is 1. The lowest BCUT2D eigenvalue weighted by Gasteiger charge is -2.16. The second-order valence-electron chi connectivity index (χ2n) is 5.96. The van der Waals surface area contributed by atoms with Crippen molar-refractivity contribution in [2.75, 3.05) is 12.8 Å². The molecule has 0 aliphatic carbocycles. The Labute approximate surface area is 146 Å². The largest absolute Gasteiger partial charge is 0.448 e. The maximum Gasteiger partial charge on any atom is 0.273 e. The predicted molar refractivity (Wildman–Crippen MR) is 89.1 cm³/mol. The molecule has 0 unspecified atom stereocenters. The normalized spacial score (nSPS) is 15.6. The van der Waals surface area contributed by atoms with E-state index in [-0.39, 0.29) is 18.1 Å². The van der Waals surface area contributed by atoms with E-state index in [0.717, 1.165) is 5.69 Å². The van der Waals surface area contributed by atoms with Gasteiger partial charge in [0.1, 0.15) is 5.76 Å². The Hall–Kier alpha value is -2.20. The average Bonchev–Trinajstić information content (AvgIpc) is 3.13. The van der Waals surface area contributed by atoms with Gasteiger partial charge in [-0.05, 0) is 12.5 Å². The molecule has 9 nitrogen and oxygen atoms in total.